The van der Waals surface area contributed by atoms with E-state index in [1.165, 1.54) is 0 Å². The molecule has 1 aliphatic heterocycles. The van der Waals surface area contributed by atoms with Crippen LogP contribution in [0.4, 0.5) is 5.69 Å². The number of nitrogens with one attached hydrogen (secondary N) is 2. The van der Waals surface area contributed by atoms with E-state index in [0.717, 1.165) is 37.1 Å². The molecule has 2 rings (SSSR count). The number of carbonyl (C=O) groups is 1. The number of amides is 1. The van der Waals surface area contributed by atoms with Gasteiger partial charge >= 0.3 is 0 Å². The quantitative estimate of drug-likeness (QED) is 0.734. The Hall–Kier alpha value is -1.11. The van der Waals surface area contributed by atoms with Gasteiger partial charge < -0.3 is 15.7 Å². The number of rotatable bonds is 3. The van der Waals surface area contributed by atoms with E-state index < -0.39 is 0 Å². The van der Waals surface area contributed by atoms with Crippen molar-refractivity contribution in [2.75, 3.05) is 38.0 Å². The highest BCUT2D eigenvalue weighted by molar-refractivity contribution is 9.10. The zero-order valence-corrected chi connectivity index (χ0v) is 12.2. The summed E-state index contributed by atoms with van der Waals surface area (Å²) < 4.78 is 0.819. The van der Waals surface area contributed by atoms with Crippen LogP contribution in [0.15, 0.2) is 22.7 Å². The van der Waals surface area contributed by atoms with Crippen LogP contribution in [0.2, 0.25) is 0 Å². The average Bonchev–Trinajstić information content (AvgIpc) is 2.62. The molecule has 0 bridgehead atoms. The number of benzene rings is 1. The van der Waals surface area contributed by atoms with Crippen LogP contribution in [0.3, 0.4) is 0 Å². The number of hydrogen-bond acceptors (Lipinski definition) is 4. The molecule has 0 unspecified atom stereocenters. The first-order valence-corrected chi connectivity index (χ1v) is 7.16. The Balaban J connectivity index is 1.91. The maximum absolute atomic E-state index is 12.0. The summed E-state index contributed by atoms with van der Waals surface area (Å²) in [6, 6.07) is 4.97. The number of hydrogen-bond donors (Lipinski definition) is 3. The lowest BCUT2D eigenvalue weighted by atomic mass is 10.3. The molecule has 1 saturated heterocycles. The van der Waals surface area contributed by atoms with Crippen molar-refractivity contribution in [3.05, 3.63) is 22.7 Å². The zero-order chi connectivity index (χ0) is 13.7. The number of nitrogens with zero attached hydrogens (tertiary/aromatic N) is 1. The van der Waals surface area contributed by atoms with Crippen molar-refractivity contribution in [1.82, 2.24) is 10.2 Å². The third-order valence-electron chi connectivity index (χ3n) is 3.03. The standard InChI is InChI=1S/C13H18BrN3O2/c14-10-2-3-12(18)11(8-10)16-13(19)9-17-6-1-4-15-5-7-17/h2-3,8,15,18H,1,4-7,9H2,(H,16,19). The van der Waals surface area contributed by atoms with Gasteiger partial charge in [0.25, 0.3) is 0 Å². The summed E-state index contributed by atoms with van der Waals surface area (Å²) in [5, 5.41) is 15.7. The van der Waals surface area contributed by atoms with Crippen molar-refractivity contribution in [1.29, 1.82) is 0 Å². The molecule has 1 amide bonds. The molecule has 0 saturated carbocycles. The fraction of sp³-hybridized carbons (Fsp3) is 0.462. The first-order chi connectivity index (χ1) is 9.15. The summed E-state index contributed by atoms with van der Waals surface area (Å²) in [6.07, 6.45) is 1.05. The highest BCUT2D eigenvalue weighted by Gasteiger charge is 2.13. The van der Waals surface area contributed by atoms with Gasteiger partial charge in [-0.25, -0.2) is 0 Å². The van der Waals surface area contributed by atoms with Gasteiger partial charge in [-0.15, -0.1) is 0 Å². The third kappa shape index (κ3) is 4.49. The van der Waals surface area contributed by atoms with Crippen LogP contribution in [0.5, 0.6) is 5.75 Å². The first-order valence-electron chi connectivity index (χ1n) is 6.36. The van der Waals surface area contributed by atoms with Crippen LogP contribution in [-0.4, -0.2) is 48.6 Å². The fourth-order valence-electron chi connectivity index (χ4n) is 2.06. The summed E-state index contributed by atoms with van der Waals surface area (Å²) in [7, 11) is 0. The van der Waals surface area contributed by atoms with E-state index in [1.54, 1.807) is 18.2 Å². The Morgan fingerprint density at radius 1 is 1.42 bits per heavy atom. The van der Waals surface area contributed by atoms with E-state index in [1.807, 2.05) is 0 Å². The fourth-order valence-corrected chi connectivity index (χ4v) is 2.42. The van der Waals surface area contributed by atoms with Crippen LogP contribution in [0.1, 0.15) is 6.42 Å². The maximum Gasteiger partial charge on any atom is 0.238 e. The molecule has 104 valence electrons. The predicted molar refractivity (Wildman–Crippen MR) is 78.4 cm³/mol. The Labute approximate surface area is 121 Å². The third-order valence-corrected chi connectivity index (χ3v) is 3.53. The lowest BCUT2D eigenvalue weighted by Crippen LogP contribution is -2.35. The molecule has 19 heavy (non-hydrogen) atoms. The molecule has 1 aromatic rings. The molecule has 0 radical (unpaired) electrons. The minimum absolute atomic E-state index is 0.0779. The molecule has 5 nitrogen and oxygen atoms in total. The summed E-state index contributed by atoms with van der Waals surface area (Å²) in [4.78, 5) is 14.1. The van der Waals surface area contributed by atoms with E-state index in [-0.39, 0.29) is 11.7 Å². The van der Waals surface area contributed by atoms with Gasteiger partial charge in [0.05, 0.1) is 12.2 Å². The Morgan fingerprint density at radius 3 is 3.11 bits per heavy atom. The second-order valence-electron chi connectivity index (χ2n) is 4.59. The smallest absolute Gasteiger partial charge is 0.238 e. The largest absolute Gasteiger partial charge is 0.506 e. The monoisotopic (exact) mass is 327 g/mol. The van der Waals surface area contributed by atoms with Gasteiger partial charge in [-0.05, 0) is 37.7 Å². The first kappa shape index (κ1) is 14.3. The van der Waals surface area contributed by atoms with E-state index in [9.17, 15) is 9.90 Å². The molecule has 3 N–H and O–H groups in total. The Kier molecular flexibility index (Phi) is 5.18. The van der Waals surface area contributed by atoms with Gasteiger partial charge in [-0.1, -0.05) is 15.9 Å². The molecule has 0 aliphatic carbocycles. The molecule has 1 heterocycles. The highest BCUT2D eigenvalue weighted by atomic mass is 79.9. The molecule has 0 atom stereocenters. The van der Waals surface area contributed by atoms with E-state index in [0.29, 0.717) is 12.2 Å². The van der Waals surface area contributed by atoms with E-state index in [2.05, 4.69) is 31.5 Å². The average molecular weight is 328 g/mol. The molecular weight excluding hydrogens is 310 g/mol. The highest BCUT2D eigenvalue weighted by Crippen LogP contribution is 2.26. The van der Waals surface area contributed by atoms with Crippen molar-refractivity contribution in [3.8, 4) is 5.75 Å². The normalized spacial score (nSPS) is 16.9. The predicted octanol–water partition coefficient (Wildman–Crippen LogP) is 1.39. The van der Waals surface area contributed by atoms with Gasteiger partial charge in [0.15, 0.2) is 0 Å². The minimum Gasteiger partial charge on any atom is -0.506 e. The number of carbonyl (C=O) groups excluding carboxylic acids is 1. The number of phenolic OH excluding ortho intramolecular Hbond substituents is 1. The molecule has 0 spiro atoms. The van der Waals surface area contributed by atoms with Gasteiger partial charge in [-0.2, -0.15) is 0 Å². The second-order valence-corrected chi connectivity index (χ2v) is 5.51. The van der Waals surface area contributed by atoms with Gasteiger partial charge in [0, 0.05) is 17.6 Å². The van der Waals surface area contributed by atoms with Crippen molar-refractivity contribution < 1.29 is 9.90 Å². The second kappa shape index (κ2) is 6.88. The number of anilines is 1. The summed E-state index contributed by atoms with van der Waals surface area (Å²) in [6.45, 7) is 4.07. The van der Waals surface area contributed by atoms with Crippen LogP contribution < -0.4 is 10.6 Å². The zero-order valence-electron chi connectivity index (χ0n) is 10.7. The number of halogens is 1. The maximum atomic E-state index is 12.0. The van der Waals surface area contributed by atoms with Crippen LogP contribution in [0, 0.1) is 0 Å². The lowest BCUT2D eigenvalue weighted by molar-refractivity contribution is -0.117. The Morgan fingerprint density at radius 2 is 2.26 bits per heavy atom. The number of aromatic hydroxyl groups is 1. The van der Waals surface area contributed by atoms with Gasteiger partial charge in [0.2, 0.25) is 5.91 Å². The van der Waals surface area contributed by atoms with Crippen molar-refractivity contribution >= 4 is 27.5 Å². The van der Waals surface area contributed by atoms with E-state index >= 15 is 0 Å². The minimum atomic E-state index is -0.102. The van der Waals surface area contributed by atoms with Crippen LogP contribution >= 0.6 is 15.9 Å². The molecule has 1 fully saturated rings. The van der Waals surface area contributed by atoms with Gasteiger partial charge in [-0.3, -0.25) is 9.69 Å². The number of phenols is 1. The Bertz CT molecular complexity index is 446. The summed E-state index contributed by atoms with van der Waals surface area (Å²) in [5.74, 6) is -0.0237. The van der Waals surface area contributed by atoms with Crippen LogP contribution in [-0.2, 0) is 4.79 Å². The van der Waals surface area contributed by atoms with Crippen molar-refractivity contribution in [2.24, 2.45) is 0 Å². The molecular formula is C13H18BrN3O2. The molecule has 1 aliphatic rings. The SMILES string of the molecule is O=C(CN1CCCNCC1)Nc1cc(Br)ccc1O. The summed E-state index contributed by atoms with van der Waals surface area (Å²) >= 11 is 3.31. The van der Waals surface area contributed by atoms with E-state index in [4.69, 9.17) is 0 Å². The summed E-state index contributed by atoms with van der Waals surface area (Å²) in [5.41, 5.74) is 0.437. The lowest BCUT2D eigenvalue weighted by Gasteiger charge is -2.18. The molecule has 6 heteroatoms. The van der Waals surface area contributed by atoms with Crippen molar-refractivity contribution in [2.45, 2.75) is 6.42 Å². The molecule has 0 aromatic heterocycles. The molecule has 1 aromatic carbocycles. The van der Waals surface area contributed by atoms with Crippen LogP contribution in [0.25, 0.3) is 0 Å². The topological polar surface area (TPSA) is 64.6 Å². The van der Waals surface area contributed by atoms with Crippen molar-refractivity contribution in [3.63, 3.8) is 0 Å². The van der Waals surface area contributed by atoms with Gasteiger partial charge in [0.1, 0.15) is 5.75 Å².